The van der Waals surface area contributed by atoms with Crippen molar-refractivity contribution in [2.24, 2.45) is 0 Å². The van der Waals surface area contributed by atoms with Crippen LogP contribution in [-0.2, 0) is 10.0 Å². The number of sulfonamides is 1. The highest BCUT2D eigenvalue weighted by Gasteiger charge is 2.15. The lowest BCUT2D eigenvalue weighted by Gasteiger charge is -2.08. The van der Waals surface area contributed by atoms with Crippen LogP contribution >= 0.6 is 0 Å². The summed E-state index contributed by atoms with van der Waals surface area (Å²) in [6, 6.07) is 12.6. The van der Waals surface area contributed by atoms with Crippen LogP contribution in [0.25, 0.3) is 0 Å². The van der Waals surface area contributed by atoms with Gasteiger partial charge in [-0.3, -0.25) is 4.79 Å². The second kappa shape index (κ2) is 9.92. The molecule has 10 heteroatoms. The highest BCUT2D eigenvalue weighted by Crippen LogP contribution is 2.27. The fraction of sp³-hybridized carbons (Fsp3) is 0.136. The van der Waals surface area contributed by atoms with E-state index in [9.17, 15) is 13.2 Å². The van der Waals surface area contributed by atoms with Gasteiger partial charge in [0, 0.05) is 35.4 Å². The van der Waals surface area contributed by atoms with Crippen LogP contribution in [0.1, 0.15) is 16.1 Å². The third kappa shape index (κ3) is 5.61. The largest absolute Gasteiger partial charge is 0.493 e. The number of carbonyl (C=O) groups is 1. The topological polar surface area (TPSA) is 120 Å². The SMILES string of the molecule is COc1ccc(C(=O)/C=C\Nc2ccc(S(=O)(=O)Nc3nccc(C)n3)cc2)cc1OC. The van der Waals surface area contributed by atoms with E-state index in [4.69, 9.17) is 9.47 Å². The number of ketones is 1. The second-order valence-electron chi connectivity index (χ2n) is 6.56. The van der Waals surface area contributed by atoms with Crippen molar-refractivity contribution in [3.05, 3.63) is 78.3 Å². The normalized spacial score (nSPS) is 11.2. The molecule has 9 nitrogen and oxygen atoms in total. The molecule has 0 saturated carbocycles. The molecule has 32 heavy (non-hydrogen) atoms. The number of benzene rings is 2. The Morgan fingerprint density at radius 3 is 2.38 bits per heavy atom. The van der Waals surface area contributed by atoms with Gasteiger partial charge in [0.2, 0.25) is 5.95 Å². The van der Waals surface area contributed by atoms with Gasteiger partial charge in [0.1, 0.15) is 0 Å². The number of aryl methyl sites for hydroxylation is 1. The smallest absolute Gasteiger partial charge is 0.264 e. The Labute approximate surface area is 186 Å². The summed E-state index contributed by atoms with van der Waals surface area (Å²) in [6.07, 6.45) is 4.31. The van der Waals surface area contributed by atoms with Gasteiger partial charge in [-0.05, 0) is 55.5 Å². The van der Waals surface area contributed by atoms with Gasteiger partial charge in [0.25, 0.3) is 10.0 Å². The first-order valence-electron chi connectivity index (χ1n) is 9.44. The molecule has 0 unspecified atom stereocenters. The molecule has 166 valence electrons. The molecule has 0 amide bonds. The fourth-order valence-electron chi connectivity index (χ4n) is 2.71. The molecule has 0 spiro atoms. The number of nitrogens with one attached hydrogen (secondary N) is 2. The van der Waals surface area contributed by atoms with E-state index in [-0.39, 0.29) is 16.6 Å². The number of rotatable bonds is 9. The molecule has 0 saturated heterocycles. The molecular weight excluding hydrogens is 432 g/mol. The standard InChI is InChI=1S/C22H22N4O5S/c1-15-10-12-24-22(25-15)26-32(28,29)18-7-5-17(6-8-18)23-13-11-19(27)16-4-9-20(30-2)21(14-16)31-3/h4-14,23H,1-3H3,(H,24,25,26)/b13-11-. The van der Waals surface area contributed by atoms with Crippen molar-refractivity contribution in [2.45, 2.75) is 11.8 Å². The van der Waals surface area contributed by atoms with Crippen LogP contribution in [0.2, 0.25) is 0 Å². The lowest BCUT2D eigenvalue weighted by Crippen LogP contribution is -2.15. The summed E-state index contributed by atoms with van der Waals surface area (Å²) in [5.41, 5.74) is 1.69. The molecule has 2 aromatic carbocycles. The summed E-state index contributed by atoms with van der Waals surface area (Å²) < 4.78 is 37.7. The number of hydrogen-bond donors (Lipinski definition) is 2. The van der Waals surface area contributed by atoms with Crippen molar-refractivity contribution >= 4 is 27.4 Å². The summed E-state index contributed by atoms with van der Waals surface area (Å²) in [5.74, 6) is 0.759. The van der Waals surface area contributed by atoms with Gasteiger partial charge in [0.15, 0.2) is 17.3 Å². The maximum atomic E-state index is 12.5. The Hall–Kier alpha value is -3.92. The third-order valence-electron chi connectivity index (χ3n) is 4.34. The zero-order valence-electron chi connectivity index (χ0n) is 17.7. The predicted octanol–water partition coefficient (Wildman–Crippen LogP) is 3.41. The van der Waals surface area contributed by atoms with Gasteiger partial charge >= 0.3 is 0 Å². The average molecular weight is 455 g/mol. The third-order valence-corrected chi connectivity index (χ3v) is 5.68. The average Bonchev–Trinajstić information content (AvgIpc) is 2.78. The summed E-state index contributed by atoms with van der Waals surface area (Å²) >= 11 is 0. The minimum Gasteiger partial charge on any atom is -0.493 e. The minimum atomic E-state index is -3.83. The van der Waals surface area contributed by atoms with Crippen LogP contribution < -0.4 is 19.5 Å². The van der Waals surface area contributed by atoms with Gasteiger partial charge in [0.05, 0.1) is 19.1 Å². The summed E-state index contributed by atoms with van der Waals surface area (Å²) in [7, 11) is -0.809. The Kier molecular flexibility index (Phi) is 7.06. The van der Waals surface area contributed by atoms with Crippen LogP contribution in [0.3, 0.4) is 0 Å². The summed E-state index contributed by atoms with van der Waals surface area (Å²) in [5, 5.41) is 2.94. The van der Waals surface area contributed by atoms with Crippen molar-refractivity contribution in [2.75, 3.05) is 24.3 Å². The van der Waals surface area contributed by atoms with Crippen molar-refractivity contribution in [3.8, 4) is 11.5 Å². The number of allylic oxidation sites excluding steroid dienone is 1. The number of methoxy groups -OCH3 is 2. The zero-order chi connectivity index (χ0) is 23.1. The van der Waals surface area contributed by atoms with Gasteiger partial charge in [-0.15, -0.1) is 0 Å². The van der Waals surface area contributed by atoms with Crippen LogP contribution in [0.5, 0.6) is 11.5 Å². The Balaban J connectivity index is 1.64. The highest BCUT2D eigenvalue weighted by atomic mass is 32.2. The quantitative estimate of drug-likeness (QED) is 0.373. The van der Waals surface area contributed by atoms with Gasteiger partial charge in [-0.1, -0.05) is 0 Å². The van der Waals surface area contributed by atoms with E-state index in [1.165, 1.54) is 44.8 Å². The van der Waals surface area contributed by atoms with Crippen LogP contribution in [0.4, 0.5) is 11.6 Å². The first-order chi connectivity index (χ1) is 15.3. The predicted molar refractivity (Wildman–Crippen MR) is 121 cm³/mol. The molecule has 0 aliphatic rings. The Morgan fingerprint density at radius 1 is 1.00 bits per heavy atom. The number of anilines is 2. The van der Waals surface area contributed by atoms with Crippen molar-refractivity contribution in [1.82, 2.24) is 9.97 Å². The molecule has 2 N–H and O–H groups in total. The van der Waals surface area contributed by atoms with Gasteiger partial charge < -0.3 is 14.8 Å². The molecule has 0 aliphatic carbocycles. The van der Waals surface area contributed by atoms with E-state index in [1.54, 1.807) is 43.3 Å². The first-order valence-corrected chi connectivity index (χ1v) is 10.9. The molecule has 3 rings (SSSR count). The number of hydrogen-bond acceptors (Lipinski definition) is 8. The van der Waals surface area contributed by atoms with Crippen molar-refractivity contribution < 1.29 is 22.7 Å². The Morgan fingerprint density at radius 2 is 1.72 bits per heavy atom. The number of nitrogens with zero attached hydrogens (tertiary/aromatic N) is 2. The highest BCUT2D eigenvalue weighted by molar-refractivity contribution is 7.92. The van der Waals surface area contributed by atoms with E-state index in [0.717, 1.165) is 0 Å². The number of aromatic nitrogens is 2. The van der Waals surface area contributed by atoms with E-state index in [1.807, 2.05) is 0 Å². The van der Waals surface area contributed by atoms with Crippen molar-refractivity contribution in [3.63, 3.8) is 0 Å². The molecule has 1 aromatic heterocycles. The van der Waals surface area contributed by atoms with Crippen molar-refractivity contribution in [1.29, 1.82) is 0 Å². The minimum absolute atomic E-state index is 0.00353. The molecule has 0 fully saturated rings. The molecular formula is C22H22N4O5S. The van der Waals surface area contributed by atoms with Crippen LogP contribution in [0.15, 0.2) is 71.9 Å². The molecule has 1 heterocycles. The lowest BCUT2D eigenvalue weighted by molar-refractivity contribution is 0.104. The Bertz CT molecular complexity index is 1240. The monoisotopic (exact) mass is 454 g/mol. The first kappa shape index (κ1) is 22.8. The van der Waals surface area contributed by atoms with E-state index >= 15 is 0 Å². The molecule has 0 bridgehead atoms. The van der Waals surface area contributed by atoms with E-state index < -0.39 is 10.0 Å². The molecule has 0 radical (unpaired) electrons. The maximum absolute atomic E-state index is 12.5. The van der Waals surface area contributed by atoms with E-state index in [2.05, 4.69) is 20.0 Å². The maximum Gasteiger partial charge on any atom is 0.264 e. The number of carbonyl (C=O) groups excluding carboxylic acids is 1. The van der Waals surface area contributed by atoms with Crippen LogP contribution in [-0.4, -0.2) is 38.4 Å². The van der Waals surface area contributed by atoms with Gasteiger partial charge in [-0.25, -0.2) is 23.1 Å². The summed E-state index contributed by atoms with van der Waals surface area (Å²) in [6.45, 7) is 1.74. The summed E-state index contributed by atoms with van der Waals surface area (Å²) in [4.78, 5) is 20.4. The number of ether oxygens (including phenoxy) is 2. The zero-order valence-corrected chi connectivity index (χ0v) is 18.5. The van der Waals surface area contributed by atoms with Gasteiger partial charge in [-0.2, -0.15) is 0 Å². The molecule has 0 atom stereocenters. The second-order valence-corrected chi connectivity index (χ2v) is 8.25. The lowest BCUT2D eigenvalue weighted by atomic mass is 10.1. The molecule has 3 aromatic rings. The van der Waals surface area contributed by atoms with Crippen LogP contribution in [0, 0.1) is 6.92 Å². The van der Waals surface area contributed by atoms with E-state index in [0.29, 0.717) is 28.4 Å². The molecule has 0 aliphatic heterocycles. The fourth-order valence-corrected chi connectivity index (χ4v) is 3.66.